The number of carbonyl (C=O) groups is 1. The predicted molar refractivity (Wildman–Crippen MR) is 98.0 cm³/mol. The molecule has 0 aliphatic carbocycles. The molecule has 0 saturated carbocycles. The van der Waals surface area contributed by atoms with Gasteiger partial charge in [0, 0.05) is 31.5 Å². The molecule has 1 atom stereocenters. The molecule has 0 radical (unpaired) electrons. The molecule has 138 valence electrons. The molecule has 0 bridgehead atoms. The first-order valence-corrected chi connectivity index (χ1v) is 9.42. The minimum absolute atomic E-state index is 0.0761. The number of amides is 1. The van der Waals surface area contributed by atoms with E-state index in [1.165, 1.54) is 12.8 Å². The summed E-state index contributed by atoms with van der Waals surface area (Å²) >= 11 is 0. The summed E-state index contributed by atoms with van der Waals surface area (Å²) in [6.07, 6.45) is 7.94. The van der Waals surface area contributed by atoms with Crippen LogP contribution in [-0.4, -0.2) is 53.0 Å². The van der Waals surface area contributed by atoms with Gasteiger partial charge in [0.1, 0.15) is 5.76 Å². The van der Waals surface area contributed by atoms with Crippen LogP contribution < -0.4 is 10.2 Å². The number of hydrogen-bond acceptors (Lipinski definition) is 6. The molecule has 2 fully saturated rings. The largest absolute Gasteiger partial charge is 0.455 e. The lowest BCUT2D eigenvalue weighted by Crippen LogP contribution is -2.48. The molecule has 2 saturated heterocycles. The Morgan fingerprint density at radius 3 is 2.77 bits per heavy atom. The summed E-state index contributed by atoms with van der Waals surface area (Å²) < 4.78 is 5.77. The van der Waals surface area contributed by atoms with Gasteiger partial charge in [0.2, 0.25) is 5.95 Å². The van der Waals surface area contributed by atoms with Gasteiger partial charge in [0.15, 0.2) is 5.76 Å². The van der Waals surface area contributed by atoms with E-state index in [-0.39, 0.29) is 11.9 Å². The van der Waals surface area contributed by atoms with Crippen molar-refractivity contribution in [3.05, 3.63) is 42.1 Å². The third-order valence-corrected chi connectivity index (χ3v) is 5.06. The van der Waals surface area contributed by atoms with E-state index < -0.39 is 0 Å². The number of nitrogens with one attached hydrogen (secondary N) is 1. The van der Waals surface area contributed by atoms with E-state index in [9.17, 15) is 4.79 Å². The lowest BCUT2D eigenvalue weighted by Gasteiger charge is -2.32. The van der Waals surface area contributed by atoms with E-state index in [4.69, 9.17) is 4.42 Å². The van der Waals surface area contributed by atoms with Gasteiger partial charge in [-0.3, -0.25) is 9.69 Å². The van der Waals surface area contributed by atoms with Crippen LogP contribution in [0.4, 0.5) is 5.95 Å². The van der Waals surface area contributed by atoms with Gasteiger partial charge >= 0.3 is 0 Å². The first-order valence-electron chi connectivity index (χ1n) is 9.42. The first kappa shape index (κ1) is 17.0. The molecular weight excluding hydrogens is 330 g/mol. The van der Waals surface area contributed by atoms with Crippen molar-refractivity contribution in [1.82, 2.24) is 20.2 Å². The van der Waals surface area contributed by atoms with Gasteiger partial charge < -0.3 is 14.6 Å². The Bertz CT molecular complexity index is 727. The molecule has 7 heteroatoms. The van der Waals surface area contributed by atoms with Crippen molar-refractivity contribution in [2.75, 3.05) is 31.1 Å². The highest BCUT2D eigenvalue weighted by atomic mass is 16.4. The summed E-state index contributed by atoms with van der Waals surface area (Å²) in [5.41, 5.74) is 0. The number of nitrogens with zero attached hydrogens (tertiary/aromatic N) is 4. The second kappa shape index (κ2) is 7.86. The molecular formula is C19H25N5O2. The van der Waals surface area contributed by atoms with Crippen LogP contribution >= 0.6 is 0 Å². The molecule has 1 unspecified atom stereocenters. The highest BCUT2D eigenvalue weighted by molar-refractivity contribution is 5.91. The molecule has 2 aliphatic heterocycles. The minimum atomic E-state index is -0.140. The second-order valence-corrected chi connectivity index (χ2v) is 7.06. The molecule has 2 aromatic heterocycles. The standard InChI is InChI=1S/C19H25N5O2/c25-18(17-7-6-16(26-17)14-23-10-1-2-11-23)22-15-5-3-12-24(13-15)19-20-8-4-9-21-19/h4,6-9,15H,1-3,5,10-14H2,(H,22,25). The van der Waals surface area contributed by atoms with E-state index in [1.807, 2.05) is 12.1 Å². The molecule has 26 heavy (non-hydrogen) atoms. The topological polar surface area (TPSA) is 74.5 Å². The Morgan fingerprint density at radius 2 is 1.96 bits per heavy atom. The number of hydrogen-bond donors (Lipinski definition) is 1. The number of piperidine rings is 1. The number of rotatable bonds is 5. The zero-order valence-corrected chi connectivity index (χ0v) is 14.9. The van der Waals surface area contributed by atoms with Crippen LogP contribution in [0.25, 0.3) is 0 Å². The Morgan fingerprint density at radius 1 is 1.15 bits per heavy atom. The van der Waals surface area contributed by atoms with Crippen LogP contribution in [0.1, 0.15) is 42.0 Å². The number of carbonyl (C=O) groups excluding carboxylic acids is 1. The van der Waals surface area contributed by atoms with Crippen LogP contribution in [0.15, 0.2) is 35.0 Å². The van der Waals surface area contributed by atoms with Crippen molar-refractivity contribution in [2.24, 2.45) is 0 Å². The lowest BCUT2D eigenvalue weighted by molar-refractivity contribution is 0.0901. The van der Waals surface area contributed by atoms with Gasteiger partial charge in [-0.25, -0.2) is 9.97 Å². The van der Waals surface area contributed by atoms with Gasteiger partial charge in [-0.2, -0.15) is 0 Å². The maximum Gasteiger partial charge on any atom is 0.287 e. The smallest absolute Gasteiger partial charge is 0.287 e. The van der Waals surface area contributed by atoms with Crippen molar-refractivity contribution in [3.63, 3.8) is 0 Å². The summed E-state index contributed by atoms with van der Waals surface area (Å²) in [5.74, 6) is 1.84. The van der Waals surface area contributed by atoms with Gasteiger partial charge in [0.25, 0.3) is 5.91 Å². The van der Waals surface area contributed by atoms with Crippen LogP contribution in [0.2, 0.25) is 0 Å². The highest BCUT2D eigenvalue weighted by Gasteiger charge is 2.24. The van der Waals surface area contributed by atoms with E-state index in [2.05, 4.69) is 25.1 Å². The fourth-order valence-corrected chi connectivity index (χ4v) is 3.73. The molecule has 2 aromatic rings. The van der Waals surface area contributed by atoms with Gasteiger partial charge in [-0.15, -0.1) is 0 Å². The Labute approximate surface area is 153 Å². The molecule has 4 heterocycles. The van der Waals surface area contributed by atoms with Crippen molar-refractivity contribution in [3.8, 4) is 0 Å². The molecule has 0 aromatic carbocycles. The van der Waals surface area contributed by atoms with Gasteiger partial charge in [-0.05, 0) is 57.0 Å². The summed E-state index contributed by atoms with van der Waals surface area (Å²) in [7, 11) is 0. The second-order valence-electron chi connectivity index (χ2n) is 7.06. The van der Waals surface area contributed by atoms with Gasteiger partial charge in [-0.1, -0.05) is 0 Å². The summed E-state index contributed by atoms with van der Waals surface area (Å²) in [4.78, 5) is 25.6. The van der Waals surface area contributed by atoms with Crippen LogP contribution in [0.5, 0.6) is 0 Å². The first-order chi connectivity index (χ1) is 12.8. The van der Waals surface area contributed by atoms with Crippen molar-refractivity contribution < 1.29 is 9.21 Å². The van der Waals surface area contributed by atoms with E-state index in [0.29, 0.717) is 5.76 Å². The zero-order valence-electron chi connectivity index (χ0n) is 14.9. The van der Waals surface area contributed by atoms with Gasteiger partial charge in [0.05, 0.1) is 6.54 Å². The molecule has 0 spiro atoms. The lowest BCUT2D eigenvalue weighted by atomic mass is 10.1. The molecule has 7 nitrogen and oxygen atoms in total. The average Bonchev–Trinajstić information content (AvgIpc) is 3.35. The number of anilines is 1. The Balaban J connectivity index is 1.33. The average molecular weight is 355 g/mol. The summed E-state index contributed by atoms with van der Waals surface area (Å²) in [6, 6.07) is 5.58. The highest BCUT2D eigenvalue weighted by Crippen LogP contribution is 2.17. The minimum Gasteiger partial charge on any atom is -0.455 e. The zero-order chi connectivity index (χ0) is 17.8. The van der Waals surface area contributed by atoms with Crippen molar-refractivity contribution in [1.29, 1.82) is 0 Å². The fourth-order valence-electron chi connectivity index (χ4n) is 3.73. The molecule has 1 amide bonds. The maximum absolute atomic E-state index is 12.5. The number of likely N-dealkylation sites (tertiary alicyclic amines) is 1. The van der Waals surface area contributed by atoms with E-state index in [1.54, 1.807) is 18.5 Å². The quantitative estimate of drug-likeness (QED) is 0.885. The normalized spacial score (nSPS) is 21.1. The number of aromatic nitrogens is 2. The van der Waals surface area contributed by atoms with Crippen LogP contribution in [0.3, 0.4) is 0 Å². The SMILES string of the molecule is O=C(NC1CCCN(c2ncccn2)C1)c1ccc(CN2CCCC2)o1. The maximum atomic E-state index is 12.5. The predicted octanol–water partition coefficient (Wildman–Crippen LogP) is 2.06. The third-order valence-electron chi connectivity index (χ3n) is 5.06. The third kappa shape index (κ3) is 4.04. The Kier molecular flexibility index (Phi) is 5.15. The molecule has 2 aliphatic rings. The summed E-state index contributed by atoms with van der Waals surface area (Å²) in [6.45, 7) is 4.65. The van der Waals surface area contributed by atoms with E-state index >= 15 is 0 Å². The van der Waals surface area contributed by atoms with Crippen molar-refractivity contribution in [2.45, 2.75) is 38.3 Å². The monoisotopic (exact) mass is 355 g/mol. The van der Waals surface area contributed by atoms with E-state index in [0.717, 1.165) is 57.3 Å². The van der Waals surface area contributed by atoms with Crippen LogP contribution in [0, 0.1) is 0 Å². The van der Waals surface area contributed by atoms with Crippen molar-refractivity contribution >= 4 is 11.9 Å². The molecule has 1 N–H and O–H groups in total. The Hall–Kier alpha value is -2.41. The number of furan rings is 1. The van der Waals surface area contributed by atoms with Crippen LogP contribution in [-0.2, 0) is 6.54 Å². The molecule has 4 rings (SSSR count). The fraction of sp³-hybridized carbons (Fsp3) is 0.526. The summed E-state index contributed by atoms with van der Waals surface area (Å²) in [5, 5.41) is 3.10.